The summed E-state index contributed by atoms with van der Waals surface area (Å²) in [6.07, 6.45) is -0.747. The molecule has 10 nitrogen and oxygen atoms in total. The number of aliphatic hydroxyl groups is 3. The van der Waals surface area contributed by atoms with Gasteiger partial charge in [-0.05, 0) is 0 Å². The highest BCUT2D eigenvalue weighted by atomic mass is 31.2. The highest BCUT2D eigenvalue weighted by Gasteiger charge is 2.25. The zero-order valence-electron chi connectivity index (χ0n) is 14.3. The molecule has 13 heteroatoms. The van der Waals surface area contributed by atoms with E-state index < -0.39 is 30.0 Å². The van der Waals surface area contributed by atoms with E-state index in [1.165, 1.54) is 0 Å². The van der Waals surface area contributed by atoms with Gasteiger partial charge in [0.15, 0.2) is 0 Å². The fourth-order valence-electron chi connectivity index (χ4n) is 2.52. The summed E-state index contributed by atoms with van der Waals surface area (Å²) in [6.45, 7) is 3.37. The first-order valence-corrected chi connectivity index (χ1v) is 13.3. The topological polar surface area (TPSA) is 148 Å². The van der Waals surface area contributed by atoms with Gasteiger partial charge in [-0.2, -0.15) is 0 Å². The van der Waals surface area contributed by atoms with E-state index in [9.17, 15) is 19.2 Å². The maximum atomic E-state index is 11.8. The summed E-state index contributed by atoms with van der Waals surface area (Å²) in [4.78, 5) is 34.9. The Morgan fingerprint density at radius 2 is 1.12 bits per heavy atom. The molecule has 1 rings (SSSR count). The Labute approximate surface area is 150 Å². The Kier molecular flexibility index (Phi) is 11.6. The van der Waals surface area contributed by atoms with E-state index in [4.69, 9.17) is 15.3 Å². The average Bonchev–Trinajstić information content (AvgIpc) is 2.67. The van der Waals surface area contributed by atoms with E-state index in [0.29, 0.717) is 51.8 Å². The van der Waals surface area contributed by atoms with Crippen LogP contribution in [0.1, 0.15) is 0 Å². The summed E-state index contributed by atoms with van der Waals surface area (Å²) in [5, 5.41) is 27.2. The maximum absolute atomic E-state index is 11.8. The Morgan fingerprint density at radius 3 is 1.44 bits per heavy atom. The van der Waals surface area contributed by atoms with E-state index in [-0.39, 0.29) is 19.0 Å². The predicted octanol–water partition coefficient (Wildman–Crippen LogP) is -1.32. The molecule has 3 atom stereocenters. The van der Waals surface area contributed by atoms with Crippen LogP contribution in [0, 0.1) is 0 Å². The lowest BCUT2D eigenvalue weighted by Crippen LogP contribution is -2.37. The molecule has 1 heterocycles. The number of hydrogen-bond donors (Lipinski definition) is 6. The summed E-state index contributed by atoms with van der Waals surface area (Å²) in [6, 6.07) is 0. The second-order valence-electron chi connectivity index (χ2n) is 6.06. The minimum atomic E-state index is -3.62. The lowest BCUT2D eigenvalue weighted by Gasteiger charge is -2.27. The van der Waals surface area contributed by atoms with E-state index >= 15 is 0 Å². The van der Waals surface area contributed by atoms with Gasteiger partial charge in [-0.1, -0.05) is 0 Å². The molecular weight excluding hydrogens is 391 g/mol. The fraction of sp³-hybridized carbons (Fsp3) is 1.00. The molecule has 1 aliphatic rings. The first-order chi connectivity index (χ1) is 11.8. The van der Waals surface area contributed by atoms with E-state index in [1.807, 2.05) is 9.80 Å². The van der Waals surface area contributed by atoms with Gasteiger partial charge in [0.2, 0.25) is 7.37 Å². The number of rotatable bonds is 9. The lowest BCUT2D eigenvalue weighted by atomic mass is 10.5. The molecule has 25 heavy (non-hydrogen) atoms. The Morgan fingerprint density at radius 1 is 0.760 bits per heavy atom. The second kappa shape index (κ2) is 12.2. The molecule has 1 saturated heterocycles. The largest absolute Gasteiger partial charge is 0.389 e. The van der Waals surface area contributed by atoms with Crippen molar-refractivity contribution in [3.63, 3.8) is 0 Å². The highest BCUT2D eigenvalue weighted by molar-refractivity contribution is 7.57. The van der Waals surface area contributed by atoms with Crippen molar-refractivity contribution in [1.82, 2.24) is 14.7 Å². The summed E-state index contributed by atoms with van der Waals surface area (Å²) >= 11 is 0. The van der Waals surface area contributed by atoms with Crippen molar-refractivity contribution in [3.8, 4) is 0 Å². The van der Waals surface area contributed by atoms with Crippen LogP contribution in [-0.2, 0) is 4.57 Å². The third-order valence-electron chi connectivity index (χ3n) is 3.89. The summed E-state index contributed by atoms with van der Waals surface area (Å²) in [7, 11) is -6.61. The molecule has 0 amide bonds. The number of nitrogens with zero attached hydrogens (tertiary/aromatic N) is 3. The lowest BCUT2D eigenvalue weighted by molar-refractivity contribution is 0.242. The van der Waals surface area contributed by atoms with Crippen molar-refractivity contribution in [1.29, 1.82) is 0 Å². The summed E-state index contributed by atoms with van der Waals surface area (Å²) in [5.74, 6) is 0. The molecule has 3 unspecified atom stereocenters. The minimum Gasteiger partial charge on any atom is -0.389 e. The van der Waals surface area contributed by atoms with Crippen molar-refractivity contribution in [2.24, 2.45) is 0 Å². The molecule has 0 aliphatic carbocycles. The van der Waals surface area contributed by atoms with Gasteiger partial charge in [0.05, 0.1) is 35.3 Å². The van der Waals surface area contributed by atoms with E-state index in [1.54, 1.807) is 4.90 Å². The van der Waals surface area contributed by atoms with Crippen LogP contribution in [0.4, 0.5) is 0 Å². The molecule has 0 radical (unpaired) electrons. The van der Waals surface area contributed by atoms with Gasteiger partial charge < -0.3 is 30.0 Å². The van der Waals surface area contributed by atoms with Gasteiger partial charge in [0.25, 0.3) is 0 Å². The van der Waals surface area contributed by atoms with Gasteiger partial charge in [-0.15, -0.1) is 0 Å². The van der Waals surface area contributed by atoms with Crippen LogP contribution >= 0.6 is 23.7 Å². The molecule has 0 bridgehead atoms. The molecule has 1 aliphatic heterocycles. The smallest absolute Gasteiger partial charge is 0.238 e. The van der Waals surface area contributed by atoms with Gasteiger partial charge in [0, 0.05) is 51.8 Å². The van der Waals surface area contributed by atoms with Crippen molar-refractivity contribution in [3.05, 3.63) is 0 Å². The zero-order chi connectivity index (χ0) is 18.9. The molecule has 0 aromatic heterocycles. The first-order valence-electron chi connectivity index (χ1n) is 7.97. The Balaban J connectivity index is 2.75. The van der Waals surface area contributed by atoms with E-state index in [0.717, 1.165) is 0 Å². The normalized spacial score (nSPS) is 24.1. The third kappa shape index (κ3) is 10.0. The second-order valence-corrected chi connectivity index (χ2v) is 11.5. The van der Waals surface area contributed by atoms with Crippen molar-refractivity contribution < 1.29 is 34.6 Å². The molecule has 0 aromatic carbocycles. The zero-order valence-corrected chi connectivity index (χ0v) is 16.9. The highest BCUT2D eigenvalue weighted by Crippen LogP contribution is 2.39. The van der Waals surface area contributed by atoms with Crippen molar-refractivity contribution in [2.45, 2.75) is 0 Å². The molecule has 0 aromatic rings. The van der Waals surface area contributed by atoms with Gasteiger partial charge in [0.1, 0.15) is 6.35 Å². The molecule has 0 saturated carbocycles. The Bertz CT molecular complexity index is 399. The molecule has 150 valence electrons. The predicted molar refractivity (Wildman–Crippen MR) is 98.7 cm³/mol. The van der Waals surface area contributed by atoms with Crippen LogP contribution in [-0.4, -0.2) is 122 Å². The average molecular weight is 421 g/mol. The Hall–Kier alpha value is 0.730. The van der Waals surface area contributed by atoms with Crippen molar-refractivity contribution in [2.75, 3.05) is 77.2 Å². The standard InChI is InChI=1S/C12H30N3O7P3/c16-10-23(19)7-13-1-2-14(8-24(20)11-17)4-6-15(5-3-13)9-25(21,22)12-18/h16-20H,1-12H2,(H,21,22). The van der Waals surface area contributed by atoms with Crippen LogP contribution in [0.15, 0.2) is 0 Å². The van der Waals surface area contributed by atoms with Gasteiger partial charge >= 0.3 is 0 Å². The van der Waals surface area contributed by atoms with E-state index in [2.05, 4.69) is 0 Å². The van der Waals surface area contributed by atoms with Crippen molar-refractivity contribution >= 4 is 23.7 Å². The summed E-state index contributed by atoms with van der Waals surface area (Å²) in [5.41, 5.74) is 0. The van der Waals surface area contributed by atoms with Crippen LogP contribution in [0.3, 0.4) is 0 Å². The molecule has 6 N–H and O–H groups in total. The van der Waals surface area contributed by atoms with Crippen LogP contribution in [0.25, 0.3) is 0 Å². The molecule has 0 spiro atoms. The summed E-state index contributed by atoms with van der Waals surface area (Å²) < 4.78 is 11.8. The van der Waals surface area contributed by atoms with Crippen LogP contribution in [0.2, 0.25) is 0 Å². The molecule has 1 fully saturated rings. The maximum Gasteiger partial charge on any atom is 0.238 e. The molecular formula is C12H30N3O7P3. The number of aliphatic hydroxyl groups excluding tert-OH is 3. The van der Waals surface area contributed by atoms with Gasteiger partial charge in [-0.3, -0.25) is 19.3 Å². The third-order valence-corrected chi connectivity index (χ3v) is 7.28. The van der Waals surface area contributed by atoms with Crippen LogP contribution < -0.4 is 0 Å². The van der Waals surface area contributed by atoms with Gasteiger partial charge in [-0.25, -0.2) is 0 Å². The first kappa shape index (κ1) is 23.8. The fourth-order valence-corrected chi connectivity index (χ4v) is 5.18. The SMILES string of the molecule is O=P(O)(CO)CN1CCN(CP(O)CO)CCN(CP(O)CO)CC1. The minimum absolute atomic E-state index is 0.118. The monoisotopic (exact) mass is 421 g/mol. The quantitative estimate of drug-likeness (QED) is 0.248. The van der Waals surface area contributed by atoms with Crippen LogP contribution in [0.5, 0.6) is 0 Å². The number of hydrogen-bond acceptors (Lipinski definition) is 9.